The van der Waals surface area contributed by atoms with Gasteiger partial charge in [-0.15, -0.1) is 0 Å². The summed E-state index contributed by atoms with van der Waals surface area (Å²) in [5.74, 6) is -0.318. The Labute approximate surface area is 114 Å². The van der Waals surface area contributed by atoms with Crippen LogP contribution in [0.1, 0.15) is 34.8 Å². The molecule has 1 aliphatic rings. The van der Waals surface area contributed by atoms with E-state index in [0.29, 0.717) is 22.2 Å². The van der Waals surface area contributed by atoms with Crippen LogP contribution in [0.15, 0.2) is 24.5 Å². The van der Waals surface area contributed by atoms with Crippen LogP contribution in [-0.2, 0) is 0 Å². The molecule has 0 unspecified atom stereocenters. The monoisotopic (exact) mass is 275 g/mol. The zero-order chi connectivity index (χ0) is 13.4. The van der Waals surface area contributed by atoms with Crippen LogP contribution in [0.3, 0.4) is 0 Å². The fourth-order valence-corrected chi connectivity index (χ4v) is 1.97. The number of aromatic carboxylic acids is 1. The number of carboxylic acids is 1. The first-order chi connectivity index (χ1) is 9.15. The van der Waals surface area contributed by atoms with Crippen LogP contribution in [0, 0.1) is 0 Å². The van der Waals surface area contributed by atoms with E-state index < -0.39 is 5.97 Å². The summed E-state index contributed by atoms with van der Waals surface area (Å²) in [6.45, 7) is 0. The molecule has 19 heavy (non-hydrogen) atoms. The molecule has 96 valence electrons. The van der Waals surface area contributed by atoms with Crippen molar-refractivity contribution in [3.63, 3.8) is 0 Å². The number of hydrogen-bond acceptors (Lipinski definition) is 4. The highest BCUT2D eigenvalue weighted by Gasteiger charge is 2.30. The van der Waals surface area contributed by atoms with Gasteiger partial charge in [-0.25, -0.2) is 14.8 Å². The Hall–Kier alpha value is -2.01. The van der Waals surface area contributed by atoms with Crippen molar-refractivity contribution in [3.8, 4) is 11.5 Å². The molecule has 1 fully saturated rings. The van der Waals surface area contributed by atoms with Gasteiger partial charge < -0.3 is 5.11 Å². The highest BCUT2D eigenvalue weighted by atomic mass is 35.5. The highest BCUT2D eigenvalue weighted by Crippen LogP contribution is 2.40. The summed E-state index contributed by atoms with van der Waals surface area (Å²) in [6.07, 6.45) is 4.83. The normalized spacial score (nSPS) is 14.4. The third kappa shape index (κ3) is 2.42. The van der Waals surface area contributed by atoms with E-state index in [1.54, 1.807) is 12.1 Å². The first-order valence-corrected chi connectivity index (χ1v) is 6.25. The van der Waals surface area contributed by atoms with Crippen molar-refractivity contribution in [2.75, 3.05) is 0 Å². The van der Waals surface area contributed by atoms with E-state index in [1.165, 1.54) is 12.4 Å². The summed E-state index contributed by atoms with van der Waals surface area (Å²) < 4.78 is 0. The van der Waals surface area contributed by atoms with Gasteiger partial charge in [-0.1, -0.05) is 11.6 Å². The van der Waals surface area contributed by atoms with Crippen LogP contribution in [0.4, 0.5) is 0 Å². The summed E-state index contributed by atoms with van der Waals surface area (Å²) in [6, 6.07) is 3.42. The number of pyridine rings is 1. The molecule has 0 radical (unpaired) electrons. The van der Waals surface area contributed by atoms with Gasteiger partial charge in [0, 0.05) is 18.3 Å². The van der Waals surface area contributed by atoms with Crippen LogP contribution in [0.2, 0.25) is 5.02 Å². The average molecular weight is 276 g/mol. The fourth-order valence-electron chi connectivity index (χ4n) is 1.86. The second kappa shape index (κ2) is 4.59. The standard InChI is InChI=1S/C13H10ClN3O2/c14-8-3-4-10(15-5-8)12-16-6-9(13(18)19)11(17-12)7-1-2-7/h3-7H,1-2H2,(H,18,19). The Bertz CT molecular complexity index is 639. The molecule has 0 saturated heterocycles. The number of carbonyl (C=O) groups is 1. The molecule has 1 aliphatic carbocycles. The van der Waals surface area contributed by atoms with Crippen LogP contribution in [0.25, 0.3) is 11.5 Å². The van der Waals surface area contributed by atoms with Crippen molar-refractivity contribution >= 4 is 17.6 Å². The lowest BCUT2D eigenvalue weighted by Gasteiger charge is -2.06. The van der Waals surface area contributed by atoms with Crippen LogP contribution < -0.4 is 0 Å². The number of halogens is 1. The summed E-state index contributed by atoms with van der Waals surface area (Å²) in [5, 5.41) is 9.66. The minimum atomic E-state index is -0.988. The SMILES string of the molecule is O=C(O)c1cnc(-c2ccc(Cl)cn2)nc1C1CC1. The minimum Gasteiger partial charge on any atom is -0.478 e. The first-order valence-electron chi connectivity index (χ1n) is 5.87. The smallest absolute Gasteiger partial charge is 0.339 e. The predicted molar refractivity (Wildman–Crippen MR) is 69.2 cm³/mol. The van der Waals surface area contributed by atoms with E-state index >= 15 is 0 Å². The first kappa shape index (κ1) is 12.0. The van der Waals surface area contributed by atoms with Gasteiger partial charge in [0.2, 0.25) is 0 Å². The van der Waals surface area contributed by atoms with Gasteiger partial charge in [0.25, 0.3) is 0 Å². The van der Waals surface area contributed by atoms with Gasteiger partial charge in [-0.2, -0.15) is 0 Å². The Morgan fingerprint density at radius 3 is 2.63 bits per heavy atom. The maximum absolute atomic E-state index is 11.1. The number of nitrogens with zero attached hydrogens (tertiary/aromatic N) is 3. The van der Waals surface area contributed by atoms with Gasteiger partial charge in [-0.05, 0) is 25.0 Å². The summed E-state index contributed by atoms with van der Waals surface area (Å²) in [7, 11) is 0. The third-order valence-corrected chi connectivity index (χ3v) is 3.19. The molecule has 2 aromatic heterocycles. The molecular formula is C13H10ClN3O2. The quantitative estimate of drug-likeness (QED) is 0.932. The Morgan fingerprint density at radius 1 is 1.26 bits per heavy atom. The fraction of sp³-hybridized carbons (Fsp3) is 0.231. The molecule has 2 heterocycles. The van der Waals surface area contributed by atoms with E-state index in [-0.39, 0.29) is 11.5 Å². The van der Waals surface area contributed by atoms with Crippen LogP contribution in [0.5, 0.6) is 0 Å². The molecule has 0 aliphatic heterocycles. The molecule has 2 aromatic rings. The number of carboxylic acid groups (broad SMARTS) is 1. The zero-order valence-electron chi connectivity index (χ0n) is 9.88. The molecule has 0 spiro atoms. The average Bonchev–Trinajstić information content (AvgIpc) is 3.23. The van der Waals surface area contributed by atoms with Crippen molar-refractivity contribution < 1.29 is 9.90 Å². The molecule has 1 saturated carbocycles. The number of rotatable bonds is 3. The van der Waals surface area contributed by atoms with Gasteiger partial charge in [0.05, 0.1) is 16.3 Å². The molecule has 6 heteroatoms. The zero-order valence-corrected chi connectivity index (χ0v) is 10.6. The van der Waals surface area contributed by atoms with E-state index in [4.69, 9.17) is 16.7 Å². The topological polar surface area (TPSA) is 76.0 Å². The second-order valence-corrected chi connectivity index (χ2v) is 4.87. The largest absolute Gasteiger partial charge is 0.478 e. The lowest BCUT2D eigenvalue weighted by Crippen LogP contribution is -2.07. The highest BCUT2D eigenvalue weighted by molar-refractivity contribution is 6.30. The summed E-state index contributed by atoms with van der Waals surface area (Å²) in [5.41, 5.74) is 1.37. The molecule has 1 N–H and O–H groups in total. The van der Waals surface area contributed by atoms with Crippen molar-refractivity contribution in [2.45, 2.75) is 18.8 Å². The molecule has 0 atom stereocenters. The van der Waals surface area contributed by atoms with Gasteiger partial charge >= 0.3 is 5.97 Å². The van der Waals surface area contributed by atoms with Crippen molar-refractivity contribution in [3.05, 3.63) is 40.8 Å². The maximum atomic E-state index is 11.1. The second-order valence-electron chi connectivity index (χ2n) is 4.43. The number of aromatic nitrogens is 3. The molecule has 0 bridgehead atoms. The third-order valence-electron chi connectivity index (χ3n) is 2.97. The lowest BCUT2D eigenvalue weighted by molar-refractivity contribution is 0.0694. The minimum absolute atomic E-state index is 0.181. The Morgan fingerprint density at radius 2 is 2.05 bits per heavy atom. The Kier molecular flexibility index (Phi) is 2.91. The van der Waals surface area contributed by atoms with E-state index in [9.17, 15) is 4.79 Å². The summed E-state index contributed by atoms with van der Waals surface area (Å²) >= 11 is 5.78. The lowest BCUT2D eigenvalue weighted by atomic mass is 10.1. The van der Waals surface area contributed by atoms with E-state index in [2.05, 4.69) is 15.0 Å². The molecular weight excluding hydrogens is 266 g/mol. The van der Waals surface area contributed by atoms with E-state index in [1.807, 2.05) is 0 Å². The van der Waals surface area contributed by atoms with Gasteiger partial charge in [0.15, 0.2) is 5.82 Å². The van der Waals surface area contributed by atoms with Gasteiger partial charge in [0.1, 0.15) is 5.69 Å². The predicted octanol–water partition coefficient (Wildman–Crippen LogP) is 2.77. The molecule has 0 aromatic carbocycles. The van der Waals surface area contributed by atoms with Crippen molar-refractivity contribution in [1.82, 2.24) is 15.0 Å². The van der Waals surface area contributed by atoms with Gasteiger partial charge in [-0.3, -0.25) is 4.98 Å². The maximum Gasteiger partial charge on any atom is 0.339 e. The van der Waals surface area contributed by atoms with E-state index in [0.717, 1.165) is 12.8 Å². The molecule has 3 rings (SSSR count). The van der Waals surface area contributed by atoms with Crippen LogP contribution in [-0.4, -0.2) is 26.0 Å². The molecule has 0 amide bonds. The number of hydrogen-bond donors (Lipinski definition) is 1. The summed E-state index contributed by atoms with van der Waals surface area (Å²) in [4.78, 5) is 23.7. The Balaban J connectivity index is 2.05. The molecule has 5 nitrogen and oxygen atoms in total. The van der Waals surface area contributed by atoms with Crippen LogP contribution >= 0.6 is 11.6 Å². The van der Waals surface area contributed by atoms with Crippen molar-refractivity contribution in [2.24, 2.45) is 0 Å². The van der Waals surface area contributed by atoms with Crippen molar-refractivity contribution in [1.29, 1.82) is 0 Å².